The number of carbonyl (C=O) groups excluding carboxylic acids is 2. The van der Waals surface area contributed by atoms with Gasteiger partial charge in [-0.2, -0.15) is 18.4 Å². The Labute approximate surface area is 190 Å². The average molecular weight is 483 g/mol. The van der Waals surface area contributed by atoms with E-state index in [0.717, 1.165) is 23.0 Å². The van der Waals surface area contributed by atoms with E-state index in [9.17, 15) is 27.6 Å². The van der Waals surface area contributed by atoms with E-state index in [4.69, 9.17) is 21.6 Å². The van der Waals surface area contributed by atoms with Gasteiger partial charge in [0.1, 0.15) is 5.75 Å². The van der Waals surface area contributed by atoms with Crippen molar-refractivity contribution in [1.82, 2.24) is 14.9 Å². The zero-order valence-corrected chi connectivity index (χ0v) is 18.2. The molecule has 3 unspecified atom stereocenters. The number of benzene rings is 1. The van der Waals surface area contributed by atoms with Crippen LogP contribution in [0.15, 0.2) is 29.3 Å². The molecule has 12 heteroatoms. The molecule has 174 valence electrons. The molecule has 3 rings (SSSR count). The summed E-state index contributed by atoms with van der Waals surface area (Å²) >= 11 is 5.88. The van der Waals surface area contributed by atoms with Gasteiger partial charge in [-0.1, -0.05) is 18.5 Å². The molecule has 0 spiro atoms. The van der Waals surface area contributed by atoms with E-state index in [1.807, 2.05) is 0 Å². The van der Waals surface area contributed by atoms with Crippen molar-refractivity contribution in [3.8, 4) is 17.6 Å². The van der Waals surface area contributed by atoms with Crippen LogP contribution in [0.25, 0.3) is 0 Å². The summed E-state index contributed by atoms with van der Waals surface area (Å²) in [5.74, 6) is -3.54. The first-order chi connectivity index (χ1) is 15.4. The summed E-state index contributed by atoms with van der Waals surface area (Å²) in [5, 5.41) is 11.6. The molecule has 1 N–H and O–H groups in total. The van der Waals surface area contributed by atoms with Crippen LogP contribution in [0, 0.1) is 23.2 Å². The molecule has 8 nitrogen and oxygen atoms in total. The van der Waals surface area contributed by atoms with E-state index in [1.54, 1.807) is 19.9 Å². The Hall–Kier alpha value is -3.39. The molecule has 0 aliphatic carbocycles. The number of aromatic nitrogens is 2. The number of rotatable bonds is 4. The van der Waals surface area contributed by atoms with Gasteiger partial charge in [0.05, 0.1) is 18.0 Å². The molecule has 0 radical (unpaired) electrons. The van der Waals surface area contributed by atoms with Gasteiger partial charge in [0.15, 0.2) is 5.69 Å². The summed E-state index contributed by atoms with van der Waals surface area (Å²) in [6.45, 7) is 3.30. The van der Waals surface area contributed by atoms with E-state index >= 15 is 0 Å². The number of amides is 1. The third-order valence-corrected chi connectivity index (χ3v) is 5.73. The number of Topliss-reactive ketones (excluding diaryl/α,β-unsaturated/α-hetero) is 1. The predicted octanol–water partition coefficient (Wildman–Crippen LogP) is 3.31. The van der Waals surface area contributed by atoms with Crippen molar-refractivity contribution < 1.29 is 27.5 Å². The summed E-state index contributed by atoms with van der Waals surface area (Å²) in [5.41, 5.74) is -2.66. The maximum absolute atomic E-state index is 13.5. The minimum absolute atomic E-state index is 0.0206. The number of hydrogen-bond acceptors (Lipinski definition) is 6. The summed E-state index contributed by atoms with van der Waals surface area (Å²) < 4.78 is 46.8. The van der Waals surface area contributed by atoms with Gasteiger partial charge >= 0.3 is 6.18 Å². The molecule has 0 bridgehead atoms. The van der Waals surface area contributed by atoms with Gasteiger partial charge in [-0.25, -0.2) is 4.98 Å². The molecule has 0 saturated carbocycles. The largest absolute Gasteiger partial charge is 0.449 e. The fourth-order valence-corrected chi connectivity index (χ4v) is 3.75. The monoisotopic (exact) mass is 482 g/mol. The zero-order chi connectivity index (χ0) is 24.5. The van der Waals surface area contributed by atoms with Crippen molar-refractivity contribution in [3.05, 3.63) is 51.2 Å². The zero-order valence-electron chi connectivity index (χ0n) is 17.4. The summed E-state index contributed by atoms with van der Waals surface area (Å²) in [6.07, 6.45) is -4.44. The first-order valence-corrected chi connectivity index (χ1v) is 10.2. The van der Waals surface area contributed by atoms with E-state index in [0.29, 0.717) is 0 Å². The predicted molar refractivity (Wildman–Crippen MR) is 110 cm³/mol. The smallest absolute Gasteiger partial charge is 0.437 e. The molecule has 1 aromatic heterocycles. The minimum Gasteiger partial charge on any atom is -0.449 e. The molecule has 1 aliphatic rings. The number of nitrogens with one attached hydrogen (secondary N) is 1. The number of hydrogen-bond donors (Lipinski definition) is 1. The number of ketones is 1. The SMILES string of the molecule is CC1NC(=O)C(=O)CC(Cn2cnc(C(F)(F)F)c(Oc3cc(Cl)cc(C#N)c3)c2=O)C1C. The van der Waals surface area contributed by atoms with E-state index in [-0.39, 0.29) is 35.2 Å². The Morgan fingerprint density at radius 2 is 1.97 bits per heavy atom. The van der Waals surface area contributed by atoms with Gasteiger partial charge < -0.3 is 10.1 Å². The first kappa shape index (κ1) is 24.3. The van der Waals surface area contributed by atoms with Crippen LogP contribution in [0.2, 0.25) is 5.02 Å². The highest BCUT2D eigenvalue weighted by Crippen LogP contribution is 2.35. The second-order valence-corrected chi connectivity index (χ2v) is 8.21. The average Bonchev–Trinajstić information content (AvgIpc) is 2.81. The van der Waals surface area contributed by atoms with Gasteiger partial charge in [-0.05, 0) is 37.0 Å². The molecule has 3 atom stereocenters. The molecule has 33 heavy (non-hydrogen) atoms. The Morgan fingerprint density at radius 3 is 2.61 bits per heavy atom. The van der Waals surface area contributed by atoms with Gasteiger partial charge in [-0.15, -0.1) is 0 Å². The van der Waals surface area contributed by atoms with Crippen molar-refractivity contribution in [2.45, 2.75) is 39.0 Å². The van der Waals surface area contributed by atoms with Crippen LogP contribution >= 0.6 is 11.6 Å². The number of carbonyl (C=O) groups is 2. The summed E-state index contributed by atoms with van der Waals surface area (Å²) in [6, 6.07) is 4.97. The van der Waals surface area contributed by atoms with Crippen LogP contribution in [-0.4, -0.2) is 27.3 Å². The summed E-state index contributed by atoms with van der Waals surface area (Å²) in [4.78, 5) is 40.2. The lowest BCUT2D eigenvalue weighted by molar-refractivity contribution is -0.142. The van der Waals surface area contributed by atoms with Gasteiger partial charge in [-0.3, -0.25) is 19.0 Å². The molecular formula is C21H18ClF3N4O4. The Kier molecular flexibility index (Phi) is 6.78. The fraction of sp³-hybridized carbons (Fsp3) is 0.381. The number of nitriles is 1. The number of ether oxygens (including phenoxy) is 1. The van der Waals surface area contributed by atoms with Crippen molar-refractivity contribution >= 4 is 23.3 Å². The standard InChI is InChI=1S/C21H18ClF3N4O4/c1-10-11(2)28-19(31)16(30)5-13(10)8-29-9-27-18(21(23,24)25)17(20(29)32)33-15-4-12(7-26)3-14(22)6-15/h3-4,6,9-11,13H,5,8H2,1-2H3,(H,28,31). The van der Waals surface area contributed by atoms with E-state index < -0.39 is 46.8 Å². The van der Waals surface area contributed by atoms with Gasteiger partial charge in [0, 0.05) is 24.0 Å². The molecular weight excluding hydrogens is 465 g/mol. The van der Waals surface area contributed by atoms with Gasteiger partial charge in [0.2, 0.25) is 11.5 Å². The van der Waals surface area contributed by atoms with Crippen LogP contribution < -0.4 is 15.6 Å². The van der Waals surface area contributed by atoms with Crippen molar-refractivity contribution in [3.63, 3.8) is 0 Å². The van der Waals surface area contributed by atoms with Crippen molar-refractivity contribution in [1.29, 1.82) is 5.26 Å². The van der Waals surface area contributed by atoms with Crippen LogP contribution in [-0.2, 0) is 22.3 Å². The van der Waals surface area contributed by atoms with Crippen LogP contribution in [0.1, 0.15) is 31.5 Å². The normalized spacial score (nSPS) is 21.2. The lowest BCUT2D eigenvalue weighted by Gasteiger charge is -2.26. The molecule has 1 aliphatic heterocycles. The van der Waals surface area contributed by atoms with E-state index in [2.05, 4.69) is 10.3 Å². The molecule has 2 aromatic rings. The Bertz CT molecular complexity index is 1210. The molecule has 1 aromatic carbocycles. The second-order valence-electron chi connectivity index (χ2n) is 7.78. The Morgan fingerprint density at radius 1 is 1.27 bits per heavy atom. The fourth-order valence-electron chi connectivity index (χ4n) is 3.53. The third-order valence-electron chi connectivity index (χ3n) is 5.51. The third kappa shape index (κ3) is 5.34. The highest BCUT2D eigenvalue weighted by Gasteiger charge is 2.39. The van der Waals surface area contributed by atoms with Crippen LogP contribution in [0.4, 0.5) is 13.2 Å². The minimum atomic E-state index is -5.00. The highest BCUT2D eigenvalue weighted by molar-refractivity contribution is 6.36. The number of nitrogens with zero attached hydrogens (tertiary/aromatic N) is 3. The molecule has 2 heterocycles. The number of alkyl halides is 3. The molecule has 1 saturated heterocycles. The molecule has 1 amide bonds. The van der Waals surface area contributed by atoms with Gasteiger partial charge in [0.25, 0.3) is 11.5 Å². The Balaban J connectivity index is 2.04. The second kappa shape index (κ2) is 9.23. The maximum Gasteiger partial charge on any atom is 0.437 e. The lowest BCUT2D eigenvalue weighted by Crippen LogP contribution is -2.39. The van der Waals surface area contributed by atoms with Crippen molar-refractivity contribution in [2.75, 3.05) is 0 Å². The summed E-state index contributed by atoms with van der Waals surface area (Å²) in [7, 11) is 0. The first-order valence-electron chi connectivity index (χ1n) is 9.79. The topological polar surface area (TPSA) is 114 Å². The van der Waals surface area contributed by atoms with Crippen molar-refractivity contribution in [2.24, 2.45) is 11.8 Å². The lowest BCUT2D eigenvalue weighted by atomic mass is 9.86. The number of halogens is 4. The molecule has 1 fully saturated rings. The van der Waals surface area contributed by atoms with Crippen LogP contribution in [0.3, 0.4) is 0 Å². The van der Waals surface area contributed by atoms with Crippen LogP contribution in [0.5, 0.6) is 11.5 Å². The highest BCUT2D eigenvalue weighted by atomic mass is 35.5. The van der Waals surface area contributed by atoms with E-state index in [1.165, 1.54) is 6.07 Å². The quantitative estimate of drug-likeness (QED) is 0.669. The maximum atomic E-state index is 13.5.